The molecule has 0 bridgehead atoms. The van der Waals surface area contributed by atoms with E-state index < -0.39 is 17.0 Å². The van der Waals surface area contributed by atoms with Crippen molar-refractivity contribution in [1.82, 2.24) is 14.8 Å². The molecule has 8 heteroatoms. The second-order valence-electron chi connectivity index (χ2n) is 11.5. The quantitative estimate of drug-likeness (QED) is 0.348. The van der Waals surface area contributed by atoms with Crippen molar-refractivity contribution in [3.63, 3.8) is 0 Å². The van der Waals surface area contributed by atoms with Crippen LogP contribution in [0.3, 0.4) is 0 Å². The maximum absolute atomic E-state index is 12.6. The summed E-state index contributed by atoms with van der Waals surface area (Å²) < 4.78 is 6.90. The van der Waals surface area contributed by atoms with E-state index in [0.29, 0.717) is 16.9 Å². The number of fused-ring (bicyclic) bond motifs is 1. The fraction of sp³-hybridized carbons (Fsp3) is 0.500. The Kier molecular flexibility index (Phi) is 6.45. The summed E-state index contributed by atoms with van der Waals surface area (Å²) in [6.07, 6.45) is 0. The second kappa shape index (κ2) is 8.71. The SMILES string of the molecule is CC(C)(C)OC(=O)Cn1nc(C(C)(C)C)c(C#N)c1N=Nc1c(C(C)(C)C)[nH]c2ccccc12. The summed E-state index contributed by atoms with van der Waals surface area (Å²) in [7, 11) is 0. The molecule has 1 aromatic carbocycles. The van der Waals surface area contributed by atoms with Gasteiger partial charge in [0.25, 0.3) is 0 Å². The van der Waals surface area contributed by atoms with Gasteiger partial charge in [0.05, 0.1) is 5.69 Å². The van der Waals surface area contributed by atoms with Crippen LogP contribution in [-0.4, -0.2) is 26.3 Å². The van der Waals surface area contributed by atoms with Crippen LogP contribution >= 0.6 is 0 Å². The van der Waals surface area contributed by atoms with Gasteiger partial charge in [-0.1, -0.05) is 59.7 Å². The number of hydrogen-bond donors (Lipinski definition) is 1. The molecule has 2 heterocycles. The number of ether oxygens (including phenoxy) is 1. The zero-order valence-corrected chi connectivity index (χ0v) is 21.6. The van der Waals surface area contributed by atoms with Gasteiger partial charge in [0.2, 0.25) is 0 Å². The first-order valence-electron chi connectivity index (χ1n) is 11.4. The lowest BCUT2D eigenvalue weighted by molar-refractivity contribution is -0.155. The molecular weight excluding hydrogens is 428 g/mol. The summed E-state index contributed by atoms with van der Waals surface area (Å²) >= 11 is 0. The Balaban J connectivity index is 2.17. The highest BCUT2D eigenvalue weighted by Gasteiger charge is 2.29. The molecule has 0 fully saturated rings. The lowest BCUT2D eigenvalue weighted by Gasteiger charge is -2.19. The average molecular weight is 463 g/mol. The van der Waals surface area contributed by atoms with Crippen molar-refractivity contribution >= 4 is 28.4 Å². The zero-order valence-electron chi connectivity index (χ0n) is 21.6. The van der Waals surface area contributed by atoms with Crippen LogP contribution in [0.25, 0.3) is 10.9 Å². The van der Waals surface area contributed by atoms with E-state index in [1.54, 1.807) is 20.8 Å². The van der Waals surface area contributed by atoms with Gasteiger partial charge in [0.1, 0.15) is 29.5 Å². The minimum absolute atomic E-state index is 0.170. The Morgan fingerprint density at radius 2 is 1.71 bits per heavy atom. The molecule has 34 heavy (non-hydrogen) atoms. The Hall–Kier alpha value is -3.47. The smallest absolute Gasteiger partial charge is 0.328 e. The van der Waals surface area contributed by atoms with E-state index in [0.717, 1.165) is 16.6 Å². The lowest BCUT2D eigenvalue weighted by Crippen LogP contribution is -2.27. The summed E-state index contributed by atoms with van der Waals surface area (Å²) in [4.78, 5) is 16.0. The standard InChI is InChI=1S/C26H34N6O2/c1-24(2,3)21-17(14-27)23(32(31-21)15-19(33)34-26(7,8)9)30-29-20-16-12-10-11-13-18(16)28-22(20)25(4,5)6/h10-13,28H,15H2,1-9H3. The predicted octanol–water partition coefficient (Wildman–Crippen LogP) is 6.59. The van der Waals surface area contributed by atoms with Crippen molar-refractivity contribution < 1.29 is 9.53 Å². The van der Waals surface area contributed by atoms with Crippen molar-refractivity contribution in [3.8, 4) is 6.07 Å². The number of carbonyl (C=O) groups excluding carboxylic acids is 1. The lowest BCUT2D eigenvalue weighted by atomic mass is 9.90. The topological polar surface area (TPSA) is 108 Å². The van der Waals surface area contributed by atoms with Gasteiger partial charge in [0, 0.05) is 27.4 Å². The highest BCUT2D eigenvalue weighted by molar-refractivity contribution is 5.93. The van der Waals surface area contributed by atoms with Crippen LogP contribution in [0.15, 0.2) is 34.5 Å². The number of aromatic amines is 1. The number of benzene rings is 1. The summed E-state index contributed by atoms with van der Waals surface area (Å²) in [6.45, 7) is 17.4. The molecule has 2 aromatic heterocycles. The molecule has 3 aromatic rings. The largest absolute Gasteiger partial charge is 0.459 e. The fourth-order valence-corrected chi connectivity index (χ4v) is 3.66. The molecule has 0 aliphatic carbocycles. The first-order valence-corrected chi connectivity index (χ1v) is 11.4. The van der Waals surface area contributed by atoms with Crippen LogP contribution < -0.4 is 0 Å². The minimum Gasteiger partial charge on any atom is -0.459 e. The summed E-state index contributed by atoms with van der Waals surface area (Å²) in [6, 6.07) is 10.1. The van der Waals surface area contributed by atoms with Gasteiger partial charge in [0.15, 0.2) is 5.82 Å². The molecule has 0 radical (unpaired) electrons. The van der Waals surface area contributed by atoms with Gasteiger partial charge in [-0.05, 0) is 26.8 Å². The molecule has 8 nitrogen and oxygen atoms in total. The molecule has 0 aliphatic heterocycles. The first kappa shape index (κ1) is 25.2. The normalized spacial score (nSPS) is 12.9. The van der Waals surface area contributed by atoms with Crippen molar-refractivity contribution in [2.45, 2.75) is 85.3 Å². The number of esters is 1. The summed E-state index contributed by atoms with van der Waals surface area (Å²) in [5.74, 6) is -0.220. The summed E-state index contributed by atoms with van der Waals surface area (Å²) in [5, 5.41) is 24.6. The first-order chi connectivity index (χ1) is 15.6. The van der Waals surface area contributed by atoms with Crippen molar-refractivity contribution in [1.29, 1.82) is 5.26 Å². The molecular formula is C26H34N6O2. The predicted molar refractivity (Wildman–Crippen MR) is 133 cm³/mol. The maximum atomic E-state index is 12.6. The number of azo groups is 1. The number of aromatic nitrogens is 3. The number of hydrogen-bond acceptors (Lipinski definition) is 6. The van der Waals surface area contributed by atoms with Crippen molar-refractivity contribution in [2.75, 3.05) is 0 Å². The van der Waals surface area contributed by atoms with E-state index in [2.05, 4.69) is 47.2 Å². The third kappa shape index (κ3) is 5.36. The number of H-pyrrole nitrogens is 1. The van der Waals surface area contributed by atoms with Crippen LogP contribution in [0.5, 0.6) is 0 Å². The third-order valence-electron chi connectivity index (χ3n) is 5.12. The highest BCUT2D eigenvalue weighted by Crippen LogP contribution is 2.39. The van der Waals surface area contributed by atoms with Crippen molar-refractivity contribution in [2.24, 2.45) is 10.2 Å². The van der Waals surface area contributed by atoms with E-state index in [1.165, 1.54) is 4.68 Å². The zero-order chi connectivity index (χ0) is 25.5. The van der Waals surface area contributed by atoms with E-state index >= 15 is 0 Å². The average Bonchev–Trinajstić information content (AvgIpc) is 3.22. The molecule has 3 rings (SSSR count). The number of nitrogens with zero attached hydrogens (tertiary/aromatic N) is 5. The molecule has 0 saturated heterocycles. The van der Waals surface area contributed by atoms with Crippen LogP contribution in [-0.2, 0) is 26.9 Å². The maximum Gasteiger partial charge on any atom is 0.328 e. The highest BCUT2D eigenvalue weighted by atomic mass is 16.6. The van der Waals surface area contributed by atoms with Crippen molar-refractivity contribution in [3.05, 3.63) is 41.2 Å². The van der Waals surface area contributed by atoms with Crippen LogP contribution in [0.1, 0.15) is 79.3 Å². The third-order valence-corrected chi connectivity index (χ3v) is 5.12. The number of carbonyl (C=O) groups is 1. The van der Waals surface area contributed by atoms with Gasteiger partial charge < -0.3 is 9.72 Å². The van der Waals surface area contributed by atoms with Gasteiger partial charge in [-0.25, -0.2) is 4.68 Å². The molecule has 1 N–H and O–H groups in total. The van der Waals surface area contributed by atoms with Gasteiger partial charge in [-0.3, -0.25) is 4.79 Å². The van der Waals surface area contributed by atoms with Gasteiger partial charge >= 0.3 is 5.97 Å². The Morgan fingerprint density at radius 3 is 2.26 bits per heavy atom. The molecule has 0 saturated carbocycles. The Bertz CT molecular complexity index is 1280. The fourth-order valence-electron chi connectivity index (χ4n) is 3.66. The van der Waals surface area contributed by atoms with E-state index in [9.17, 15) is 10.1 Å². The molecule has 0 amide bonds. The number of nitriles is 1. The molecule has 0 spiro atoms. The van der Waals surface area contributed by atoms with Crippen LogP contribution in [0.2, 0.25) is 0 Å². The number of para-hydroxylation sites is 1. The Labute approximate surface area is 201 Å². The van der Waals surface area contributed by atoms with Gasteiger partial charge in [-0.15, -0.1) is 10.2 Å². The van der Waals surface area contributed by atoms with E-state index in [4.69, 9.17) is 4.74 Å². The number of rotatable bonds is 4. The van der Waals surface area contributed by atoms with Crippen LogP contribution in [0.4, 0.5) is 11.5 Å². The summed E-state index contributed by atoms with van der Waals surface area (Å²) in [5.41, 5.74) is 2.19. The molecule has 0 aliphatic rings. The molecule has 0 atom stereocenters. The second-order valence-corrected chi connectivity index (χ2v) is 11.5. The molecule has 0 unspecified atom stereocenters. The molecule has 180 valence electrons. The van der Waals surface area contributed by atoms with E-state index in [1.807, 2.05) is 45.0 Å². The van der Waals surface area contributed by atoms with Gasteiger partial charge in [-0.2, -0.15) is 10.4 Å². The number of nitrogens with one attached hydrogen (secondary N) is 1. The van der Waals surface area contributed by atoms with E-state index in [-0.39, 0.29) is 17.8 Å². The minimum atomic E-state index is -0.636. The monoisotopic (exact) mass is 462 g/mol. The van der Waals surface area contributed by atoms with Crippen LogP contribution in [0, 0.1) is 11.3 Å². The Morgan fingerprint density at radius 1 is 1.06 bits per heavy atom.